The van der Waals surface area contributed by atoms with Gasteiger partial charge in [-0.3, -0.25) is 4.79 Å². The van der Waals surface area contributed by atoms with Crippen LogP contribution in [0.2, 0.25) is 0 Å². The van der Waals surface area contributed by atoms with Crippen LogP contribution in [0, 0.1) is 17.8 Å². The largest absolute Gasteiger partial charge is 0.512 e. The summed E-state index contributed by atoms with van der Waals surface area (Å²) in [7, 11) is -13.1. The Labute approximate surface area is 152 Å². The minimum atomic E-state index is -6.62. The number of carbonyl (C=O) groups is 1. The summed E-state index contributed by atoms with van der Waals surface area (Å²) in [5, 5.41) is -3.38. The van der Waals surface area contributed by atoms with Gasteiger partial charge in [0.25, 0.3) is 0 Å². The minimum Gasteiger partial charge on any atom is -0.344 e. The number of carbonyl (C=O) groups excluding carboxylic acids is 1. The first kappa shape index (κ1) is 20.7. The molecule has 1 amide bonds. The lowest BCUT2D eigenvalue weighted by Crippen LogP contribution is -2.64. The van der Waals surface area contributed by atoms with Gasteiger partial charge in [-0.2, -0.15) is 22.0 Å². The number of sulfonamides is 2. The number of amides is 1. The van der Waals surface area contributed by atoms with Gasteiger partial charge < -0.3 is 5.32 Å². The van der Waals surface area contributed by atoms with Crippen LogP contribution in [0.25, 0.3) is 0 Å². The third-order valence-corrected chi connectivity index (χ3v) is 8.77. The predicted octanol–water partition coefficient (Wildman–Crippen LogP) is 1.43. The van der Waals surface area contributed by atoms with Crippen LogP contribution in [0.1, 0.15) is 38.5 Å². The molecular weight excluding hydrogens is 423 g/mol. The van der Waals surface area contributed by atoms with Crippen molar-refractivity contribution in [2.45, 2.75) is 54.8 Å². The van der Waals surface area contributed by atoms with E-state index in [0.29, 0.717) is 19.3 Å². The molecule has 156 valence electrons. The third-order valence-electron chi connectivity index (χ3n) is 5.54. The van der Waals surface area contributed by atoms with E-state index in [1.165, 1.54) is 0 Å². The Morgan fingerprint density at radius 3 is 1.59 bits per heavy atom. The van der Waals surface area contributed by atoms with Gasteiger partial charge >= 0.3 is 36.7 Å². The van der Waals surface area contributed by atoms with Crippen LogP contribution in [0.5, 0.6) is 0 Å². The highest BCUT2D eigenvalue weighted by Gasteiger charge is 2.61. The summed E-state index contributed by atoms with van der Waals surface area (Å²) in [6.07, 6.45) is 3.85. The average molecular weight is 440 g/mol. The Bertz CT molecular complexity index is 818. The summed E-state index contributed by atoms with van der Waals surface area (Å²) in [4.78, 5) is 12.0. The molecule has 27 heavy (non-hydrogen) atoms. The Morgan fingerprint density at radius 1 is 0.815 bits per heavy atom. The number of halogens is 5. The number of alkyl halides is 5. The SMILES string of the molecule is O=C(NC12CC3CC(CC(C3)C1)C2)C(F)(F)S(=O)(=O)NS(=O)(=O)C(F)(F)F. The van der Waals surface area contributed by atoms with Gasteiger partial charge in [0.1, 0.15) is 0 Å². The number of hydrogen-bond acceptors (Lipinski definition) is 5. The molecule has 4 fully saturated rings. The van der Waals surface area contributed by atoms with Crippen molar-refractivity contribution in [1.82, 2.24) is 9.44 Å². The van der Waals surface area contributed by atoms with Gasteiger partial charge in [-0.25, -0.2) is 16.8 Å². The highest BCUT2D eigenvalue weighted by Crippen LogP contribution is 2.55. The highest BCUT2D eigenvalue weighted by molar-refractivity contribution is 8.05. The standard InChI is InChI=1S/C13H17F5N2O5S2/c14-12(15,26(22,23)20-27(24,25)13(16,17)18)10(21)19-11-4-7-1-8(5-11)3-9(2-7)6-11/h7-9,20H,1-6H2,(H,19,21). The zero-order valence-corrected chi connectivity index (χ0v) is 15.4. The molecule has 4 aliphatic carbocycles. The van der Waals surface area contributed by atoms with E-state index in [1.807, 2.05) is 5.32 Å². The fourth-order valence-electron chi connectivity index (χ4n) is 4.94. The van der Waals surface area contributed by atoms with Gasteiger partial charge in [-0.15, -0.1) is 0 Å². The first-order valence-electron chi connectivity index (χ1n) is 8.12. The summed E-state index contributed by atoms with van der Waals surface area (Å²) in [6.45, 7) is 0. The Hall–Kier alpha value is -1.02. The van der Waals surface area contributed by atoms with Crippen molar-refractivity contribution >= 4 is 26.0 Å². The van der Waals surface area contributed by atoms with Crippen molar-refractivity contribution < 1.29 is 43.6 Å². The maximum Gasteiger partial charge on any atom is 0.512 e. The minimum absolute atomic E-state index is 0.0896. The molecule has 0 saturated heterocycles. The van der Waals surface area contributed by atoms with Crippen molar-refractivity contribution in [3.63, 3.8) is 0 Å². The van der Waals surface area contributed by atoms with Crippen molar-refractivity contribution in [2.75, 3.05) is 0 Å². The third kappa shape index (κ3) is 3.55. The molecule has 4 aliphatic rings. The molecule has 0 heterocycles. The zero-order valence-electron chi connectivity index (χ0n) is 13.7. The molecule has 7 nitrogen and oxygen atoms in total. The highest BCUT2D eigenvalue weighted by atomic mass is 32.3. The van der Waals surface area contributed by atoms with Crippen LogP contribution in [0.4, 0.5) is 22.0 Å². The smallest absolute Gasteiger partial charge is 0.344 e. The van der Waals surface area contributed by atoms with Crippen molar-refractivity contribution in [3.8, 4) is 0 Å². The van der Waals surface area contributed by atoms with E-state index in [1.54, 1.807) is 0 Å². The summed E-state index contributed by atoms with van der Waals surface area (Å²) in [5.41, 5.74) is -7.17. The quantitative estimate of drug-likeness (QED) is 0.629. The number of hydrogen-bond donors (Lipinski definition) is 2. The summed E-state index contributed by atoms with van der Waals surface area (Å²) in [5.74, 6) is -1.68. The van der Waals surface area contributed by atoms with E-state index < -0.39 is 42.3 Å². The molecule has 0 atom stereocenters. The van der Waals surface area contributed by atoms with E-state index in [2.05, 4.69) is 0 Å². The van der Waals surface area contributed by atoms with Crippen LogP contribution < -0.4 is 9.44 Å². The lowest BCUT2D eigenvalue weighted by atomic mass is 9.53. The predicted molar refractivity (Wildman–Crippen MR) is 81.0 cm³/mol. The Balaban J connectivity index is 1.79. The molecule has 4 saturated carbocycles. The molecule has 0 aromatic heterocycles. The first-order chi connectivity index (χ1) is 12.1. The van der Waals surface area contributed by atoms with E-state index in [-0.39, 0.29) is 21.9 Å². The molecule has 0 unspecified atom stereocenters. The summed E-state index contributed by atoms with van der Waals surface area (Å²) in [6, 6.07) is 0. The van der Waals surface area contributed by atoms with Crippen LogP contribution >= 0.6 is 0 Å². The second-order valence-corrected chi connectivity index (χ2v) is 11.4. The second-order valence-electron chi connectivity index (χ2n) is 7.70. The molecule has 0 aromatic rings. The van der Waals surface area contributed by atoms with E-state index >= 15 is 0 Å². The monoisotopic (exact) mass is 440 g/mol. The van der Waals surface area contributed by atoms with E-state index in [9.17, 15) is 43.6 Å². The Kier molecular flexibility index (Phi) is 4.59. The van der Waals surface area contributed by atoms with Crippen LogP contribution in [0.15, 0.2) is 0 Å². The van der Waals surface area contributed by atoms with E-state index in [4.69, 9.17) is 0 Å². The maximum atomic E-state index is 14.1. The molecule has 2 N–H and O–H groups in total. The maximum absolute atomic E-state index is 14.1. The van der Waals surface area contributed by atoms with Gasteiger partial charge in [0.15, 0.2) is 0 Å². The molecule has 0 aromatic carbocycles. The second kappa shape index (κ2) is 5.99. The molecule has 0 radical (unpaired) electrons. The van der Waals surface area contributed by atoms with Crippen molar-refractivity contribution in [3.05, 3.63) is 0 Å². The van der Waals surface area contributed by atoms with Gasteiger partial charge in [0, 0.05) is 5.54 Å². The van der Waals surface area contributed by atoms with Crippen LogP contribution in [0.3, 0.4) is 0 Å². The van der Waals surface area contributed by atoms with Crippen molar-refractivity contribution in [1.29, 1.82) is 0 Å². The number of rotatable bonds is 5. The summed E-state index contributed by atoms with van der Waals surface area (Å²) < 4.78 is 110. The van der Waals surface area contributed by atoms with Gasteiger partial charge in [0.05, 0.1) is 0 Å². The fraction of sp³-hybridized carbons (Fsp3) is 0.923. The summed E-state index contributed by atoms with van der Waals surface area (Å²) >= 11 is 0. The molecule has 4 rings (SSSR count). The van der Waals surface area contributed by atoms with Crippen LogP contribution in [-0.4, -0.2) is 39.0 Å². The van der Waals surface area contributed by atoms with Crippen LogP contribution in [-0.2, 0) is 24.8 Å². The van der Waals surface area contributed by atoms with Gasteiger partial charge in [-0.1, -0.05) is 4.13 Å². The van der Waals surface area contributed by atoms with Gasteiger partial charge in [-0.05, 0) is 56.3 Å². The topological polar surface area (TPSA) is 109 Å². The van der Waals surface area contributed by atoms with Crippen molar-refractivity contribution in [2.24, 2.45) is 17.8 Å². The zero-order chi connectivity index (χ0) is 20.5. The first-order valence-corrected chi connectivity index (χ1v) is 11.1. The Morgan fingerprint density at radius 2 is 1.22 bits per heavy atom. The van der Waals surface area contributed by atoms with E-state index in [0.717, 1.165) is 19.3 Å². The fourth-order valence-corrected chi connectivity index (χ4v) is 7.19. The number of nitrogens with one attached hydrogen (secondary N) is 2. The molecular formula is C13H17F5N2O5S2. The molecule has 4 bridgehead atoms. The lowest BCUT2D eigenvalue weighted by Gasteiger charge is -2.57. The molecule has 0 spiro atoms. The normalized spacial score (nSPS) is 33.9. The lowest BCUT2D eigenvalue weighted by molar-refractivity contribution is -0.141. The molecule has 0 aliphatic heterocycles. The molecule has 14 heteroatoms. The average Bonchev–Trinajstić information content (AvgIpc) is 2.42. The van der Waals surface area contributed by atoms with Gasteiger partial charge in [0.2, 0.25) is 0 Å².